The molecule has 1 N–H and O–H groups in total. The Morgan fingerprint density at radius 1 is 1.00 bits per heavy atom. The number of ether oxygens (including phenoxy) is 1. The molecule has 2 aromatic rings. The first kappa shape index (κ1) is 22.3. The molecule has 5 rings (SSSR count). The van der Waals surface area contributed by atoms with Crippen LogP contribution in [-0.2, 0) is 23.9 Å². The van der Waals surface area contributed by atoms with Gasteiger partial charge in [-0.15, -0.1) is 0 Å². The number of hydrogen-bond donors (Lipinski definition) is 1. The predicted octanol–water partition coefficient (Wildman–Crippen LogP) is 1.90. The summed E-state index contributed by atoms with van der Waals surface area (Å²) in [7, 11) is 1.26. The van der Waals surface area contributed by atoms with Crippen LogP contribution in [0.5, 0.6) is 0 Å². The third kappa shape index (κ3) is 3.09. The number of hydrogen-bond acceptors (Lipinski definition) is 6. The molecule has 0 radical (unpaired) electrons. The van der Waals surface area contributed by atoms with Gasteiger partial charge in [-0.2, -0.15) is 0 Å². The number of esters is 1. The highest BCUT2D eigenvalue weighted by Crippen LogP contribution is 2.57. The molecule has 0 aliphatic carbocycles. The number of benzene rings is 2. The Hall–Kier alpha value is -3.52. The lowest BCUT2D eigenvalue weighted by atomic mass is 9.76. The molecule has 3 saturated heterocycles. The number of anilines is 1. The summed E-state index contributed by atoms with van der Waals surface area (Å²) in [5, 5.41) is 2.84. The second-order valence-electron chi connectivity index (χ2n) is 9.33. The molecule has 0 bridgehead atoms. The van der Waals surface area contributed by atoms with E-state index in [0.29, 0.717) is 18.8 Å². The molecule has 2 aromatic carbocycles. The smallest absolute Gasteiger partial charge is 0.307 e. The number of rotatable bonds is 4. The third-order valence-electron chi connectivity index (χ3n) is 7.44. The van der Waals surface area contributed by atoms with E-state index < -0.39 is 41.2 Å². The molecular formula is C26H27N3O5. The van der Waals surface area contributed by atoms with Gasteiger partial charge in [0.1, 0.15) is 5.54 Å². The Morgan fingerprint density at radius 2 is 1.62 bits per heavy atom. The molecular weight excluding hydrogens is 434 g/mol. The van der Waals surface area contributed by atoms with Gasteiger partial charge in [0.25, 0.3) is 0 Å². The minimum atomic E-state index is -1.50. The number of nitrogens with one attached hydrogen (secondary N) is 1. The number of imide groups is 1. The van der Waals surface area contributed by atoms with Crippen molar-refractivity contribution in [2.45, 2.75) is 31.8 Å². The fourth-order valence-corrected chi connectivity index (χ4v) is 5.87. The summed E-state index contributed by atoms with van der Waals surface area (Å²) in [6, 6.07) is 14.4. The summed E-state index contributed by atoms with van der Waals surface area (Å²) < 4.78 is 4.94. The fourth-order valence-electron chi connectivity index (χ4n) is 5.87. The molecule has 0 aromatic heterocycles. The monoisotopic (exact) mass is 461 g/mol. The highest BCUT2D eigenvalue weighted by Gasteiger charge is 2.73. The minimum absolute atomic E-state index is 0.306. The molecule has 0 spiro atoms. The van der Waals surface area contributed by atoms with Crippen LogP contribution in [0.3, 0.4) is 0 Å². The molecule has 3 aliphatic heterocycles. The molecule has 8 nitrogen and oxygen atoms in total. The Balaban J connectivity index is 1.70. The van der Waals surface area contributed by atoms with Crippen LogP contribution in [0.4, 0.5) is 5.69 Å². The van der Waals surface area contributed by atoms with Gasteiger partial charge in [-0.25, -0.2) is 4.90 Å². The number of nitrogens with zero attached hydrogens (tertiary/aromatic N) is 2. The summed E-state index contributed by atoms with van der Waals surface area (Å²) >= 11 is 0. The topological polar surface area (TPSA) is 96.0 Å². The van der Waals surface area contributed by atoms with Gasteiger partial charge >= 0.3 is 5.97 Å². The summed E-state index contributed by atoms with van der Waals surface area (Å²) in [4.78, 5) is 57.0. The van der Waals surface area contributed by atoms with E-state index in [1.807, 2.05) is 55.1 Å². The van der Waals surface area contributed by atoms with Crippen LogP contribution in [0.25, 0.3) is 0 Å². The maximum absolute atomic E-state index is 13.9. The zero-order chi connectivity index (χ0) is 24.2. The van der Waals surface area contributed by atoms with Crippen LogP contribution in [0.1, 0.15) is 29.2 Å². The van der Waals surface area contributed by atoms with Crippen LogP contribution in [0.2, 0.25) is 0 Å². The van der Waals surface area contributed by atoms with E-state index in [9.17, 15) is 19.2 Å². The molecule has 3 fully saturated rings. The van der Waals surface area contributed by atoms with Gasteiger partial charge in [-0.1, -0.05) is 47.5 Å². The third-order valence-corrected chi connectivity index (χ3v) is 7.44. The summed E-state index contributed by atoms with van der Waals surface area (Å²) in [6.45, 7) is 4.68. The first-order valence-corrected chi connectivity index (χ1v) is 11.4. The molecule has 3 heterocycles. The van der Waals surface area contributed by atoms with Gasteiger partial charge in [0.15, 0.2) is 0 Å². The SMILES string of the molecule is COC(=O)C[C@]12C(=O)NCCN1[C@@H](c1ccc(C)cc1)[C@H]1C(=O)N(c3ccc(C)cc3)C(=O)[C@H]12. The van der Waals surface area contributed by atoms with E-state index >= 15 is 0 Å². The van der Waals surface area contributed by atoms with E-state index in [4.69, 9.17) is 4.74 Å². The Morgan fingerprint density at radius 3 is 2.24 bits per heavy atom. The molecule has 3 amide bonds. The number of fused-ring (bicyclic) bond motifs is 3. The zero-order valence-corrected chi connectivity index (χ0v) is 19.4. The van der Waals surface area contributed by atoms with E-state index in [1.54, 1.807) is 12.1 Å². The molecule has 8 heteroatoms. The van der Waals surface area contributed by atoms with Crippen LogP contribution in [0, 0.1) is 25.7 Å². The van der Waals surface area contributed by atoms with Crippen LogP contribution >= 0.6 is 0 Å². The van der Waals surface area contributed by atoms with E-state index in [1.165, 1.54) is 12.0 Å². The van der Waals surface area contributed by atoms with Gasteiger partial charge in [0.2, 0.25) is 17.7 Å². The zero-order valence-electron chi connectivity index (χ0n) is 19.4. The molecule has 3 aliphatic rings. The Kier molecular flexibility index (Phi) is 5.28. The fraction of sp³-hybridized carbons (Fsp3) is 0.385. The first-order valence-electron chi connectivity index (χ1n) is 11.4. The number of aryl methyl sites for hydroxylation is 2. The number of methoxy groups -OCH3 is 1. The van der Waals surface area contributed by atoms with Crippen molar-refractivity contribution >= 4 is 29.4 Å². The number of carbonyl (C=O) groups excluding carboxylic acids is 4. The first-order chi connectivity index (χ1) is 16.3. The lowest BCUT2D eigenvalue weighted by Gasteiger charge is -2.45. The van der Waals surface area contributed by atoms with Crippen LogP contribution in [-0.4, -0.2) is 54.3 Å². The van der Waals surface area contributed by atoms with Crippen molar-refractivity contribution in [1.82, 2.24) is 10.2 Å². The van der Waals surface area contributed by atoms with Gasteiger partial charge in [0, 0.05) is 19.1 Å². The molecule has 4 atom stereocenters. The van der Waals surface area contributed by atoms with Crippen molar-refractivity contribution in [1.29, 1.82) is 0 Å². The van der Waals surface area contributed by atoms with E-state index in [0.717, 1.165) is 16.7 Å². The molecule has 0 unspecified atom stereocenters. The van der Waals surface area contributed by atoms with E-state index in [-0.39, 0.29) is 12.3 Å². The molecule has 0 saturated carbocycles. The van der Waals surface area contributed by atoms with Gasteiger partial charge in [-0.05, 0) is 31.5 Å². The molecule has 176 valence electrons. The summed E-state index contributed by atoms with van der Waals surface area (Å²) in [5.74, 6) is -3.63. The number of piperazine rings is 1. The second-order valence-corrected chi connectivity index (χ2v) is 9.33. The predicted molar refractivity (Wildman–Crippen MR) is 124 cm³/mol. The van der Waals surface area contributed by atoms with Crippen molar-refractivity contribution in [3.63, 3.8) is 0 Å². The second kappa shape index (κ2) is 8.06. The van der Waals surface area contributed by atoms with Crippen LogP contribution < -0.4 is 10.2 Å². The van der Waals surface area contributed by atoms with E-state index in [2.05, 4.69) is 5.32 Å². The number of amides is 3. The standard InChI is InChI=1S/C26H27N3O5/c1-15-4-8-17(9-5-15)22-20-21(24(32)29(23(20)31)18-10-6-16(2)7-11-18)26(14-19(30)34-3)25(33)27-12-13-28(22)26/h4-11,20-22H,12-14H2,1-3H3,(H,27,33)/t20-,21-,22-,26-/m0/s1. The maximum atomic E-state index is 13.9. The minimum Gasteiger partial charge on any atom is -0.469 e. The number of carbonyl (C=O) groups is 4. The van der Waals surface area contributed by atoms with Crippen LogP contribution in [0.15, 0.2) is 48.5 Å². The Labute approximate surface area is 197 Å². The summed E-state index contributed by atoms with van der Waals surface area (Å²) in [5.41, 5.74) is 1.87. The highest BCUT2D eigenvalue weighted by molar-refractivity contribution is 6.24. The van der Waals surface area contributed by atoms with Crippen molar-refractivity contribution in [2.24, 2.45) is 11.8 Å². The van der Waals surface area contributed by atoms with Crippen molar-refractivity contribution in [3.8, 4) is 0 Å². The van der Waals surface area contributed by atoms with Gasteiger partial charge in [0.05, 0.1) is 31.1 Å². The molecule has 34 heavy (non-hydrogen) atoms. The maximum Gasteiger partial charge on any atom is 0.307 e. The average molecular weight is 462 g/mol. The lowest BCUT2D eigenvalue weighted by Crippen LogP contribution is -2.67. The van der Waals surface area contributed by atoms with Crippen molar-refractivity contribution < 1.29 is 23.9 Å². The lowest BCUT2D eigenvalue weighted by molar-refractivity contribution is -0.154. The van der Waals surface area contributed by atoms with Gasteiger partial charge < -0.3 is 10.1 Å². The normalized spacial score (nSPS) is 28.5. The highest BCUT2D eigenvalue weighted by atomic mass is 16.5. The van der Waals surface area contributed by atoms with Gasteiger partial charge in [-0.3, -0.25) is 24.1 Å². The summed E-state index contributed by atoms with van der Waals surface area (Å²) in [6.07, 6.45) is -0.306. The largest absolute Gasteiger partial charge is 0.469 e. The Bertz CT molecular complexity index is 1180. The quantitative estimate of drug-likeness (QED) is 0.552. The van der Waals surface area contributed by atoms with Crippen molar-refractivity contribution in [3.05, 3.63) is 65.2 Å². The van der Waals surface area contributed by atoms with Crippen molar-refractivity contribution in [2.75, 3.05) is 25.1 Å². The average Bonchev–Trinajstić information content (AvgIpc) is 3.26.